The summed E-state index contributed by atoms with van der Waals surface area (Å²) in [7, 11) is 0. The quantitative estimate of drug-likeness (QED) is 0.587. The molecule has 152 valence electrons. The molecule has 3 aromatic rings. The molecule has 1 unspecified atom stereocenters. The number of nitrogens with zero attached hydrogens (tertiary/aromatic N) is 4. The first kappa shape index (κ1) is 19.7. The lowest BCUT2D eigenvalue weighted by atomic mass is 10.0. The van der Waals surface area contributed by atoms with Crippen molar-refractivity contribution in [3.8, 4) is 0 Å². The number of likely N-dealkylation sites (tertiary alicyclic amines) is 1. The SMILES string of the molecule is CC(C)n1nccc1C(=O)N1CCCCC1c1ncc(Cc2ccc(Cl)cc2)o1. The Morgan fingerprint density at radius 3 is 2.79 bits per heavy atom. The van der Waals surface area contributed by atoms with Gasteiger partial charge in [-0.25, -0.2) is 4.98 Å². The van der Waals surface area contributed by atoms with Gasteiger partial charge in [-0.05, 0) is 56.9 Å². The van der Waals surface area contributed by atoms with Crippen LogP contribution in [0.2, 0.25) is 5.02 Å². The Kier molecular flexibility index (Phi) is 5.72. The fourth-order valence-corrected chi connectivity index (χ4v) is 3.96. The van der Waals surface area contributed by atoms with Crippen molar-refractivity contribution in [2.45, 2.75) is 51.6 Å². The number of aromatic nitrogens is 3. The highest BCUT2D eigenvalue weighted by Gasteiger charge is 2.33. The molecule has 6 nitrogen and oxygen atoms in total. The van der Waals surface area contributed by atoms with Crippen molar-refractivity contribution in [3.05, 3.63) is 70.7 Å². The highest BCUT2D eigenvalue weighted by Crippen LogP contribution is 2.32. The van der Waals surface area contributed by atoms with Crippen LogP contribution in [0.25, 0.3) is 0 Å². The van der Waals surface area contributed by atoms with E-state index in [0.717, 1.165) is 30.6 Å². The molecule has 1 fully saturated rings. The Morgan fingerprint density at radius 1 is 1.24 bits per heavy atom. The summed E-state index contributed by atoms with van der Waals surface area (Å²) >= 11 is 5.96. The Balaban J connectivity index is 1.55. The summed E-state index contributed by atoms with van der Waals surface area (Å²) in [4.78, 5) is 19.7. The van der Waals surface area contributed by atoms with E-state index in [2.05, 4.69) is 10.1 Å². The van der Waals surface area contributed by atoms with Crippen LogP contribution < -0.4 is 0 Å². The Hall–Kier alpha value is -2.60. The van der Waals surface area contributed by atoms with E-state index < -0.39 is 0 Å². The molecule has 29 heavy (non-hydrogen) atoms. The number of hydrogen-bond acceptors (Lipinski definition) is 4. The first-order valence-corrected chi connectivity index (χ1v) is 10.4. The van der Waals surface area contributed by atoms with Gasteiger partial charge >= 0.3 is 0 Å². The topological polar surface area (TPSA) is 64.2 Å². The summed E-state index contributed by atoms with van der Waals surface area (Å²) in [5, 5.41) is 5.02. The summed E-state index contributed by atoms with van der Waals surface area (Å²) in [6.07, 6.45) is 6.97. The largest absolute Gasteiger partial charge is 0.443 e. The molecule has 0 radical (unpaired) electrons. The molecule has 7 heteroatoms. The minimum atomic E-state index is -0.147. The number of carbonyl (C=O) groups excluding carboxylic acids is 1. The van der Waals surface area contributed by atoms with Crippen LogP contribution in [-0.2, 0) is 6.42 Å². The van der Waals surface area contributed by atoms with Crippen LogP contribution in [0.5, 0.6) is 0 Å². The zero-order valence-electron chi connectivity index (χ0n) is 16.7. The van der Waals surface area contributed by atoms with Crippen molar-refractivity contribution in [1.82, 2.24) is 19.7 Å². The lowest BCUT2D eigenvalue weighted by Crippen LogP contribution is -2.39. The second-order valence-corrected chi connectivity index (χ2v) is 8.17. The Morgan fingerprint density at radius 2 is 2.03 bits per heavy atom. The molecule has 0 aliphatic carbocycles. The standard InChI is InChI=1S/C22H25ClN4O2/c1-15(2)27-20(10-11-25-27)22(28)26-12-4-3-5-19(26)21-24-14-18(29-21)13-16-6-8-17(23)9-7-16/h6-11,14-15,19H,3-5,12-13H2,1-2H3. The summed E-state index contributed by atoms with van der Waals surface area (Å²) in [5.41, 5.74) is 1.72. The molecule has 0 N–H and O–H groups in total. The lowest BCUT2D eigenvalue weighted by Gasteiger charge is -2.34. The highest BCUT2D eigenvalue weighted by atomic mass is 35.5. The van der Waals surface area contributed by atoms with Crippen molar-refractivity contribution in [3.63, 3.8) is 0 Å². The van der Waals surface area contributed by atoms with E-state index in [0.29, 0.717) is 29.6 Å². The normalized spacial score (nSPS) is 17.1. The van der Waals surface area contributed by atoms with Gasteiger partial charge in [-0.15, -0.1) is 0 Å². The molecule has 4 rings (SSSR count). The zero-order valence-corrected chi connectivity index (χ0v) is 17.5. The predicted octanol–water partition coefficient (Wildman–Crippen LogP) is 5.06. The van der Waals surface area contributed by atoms with E-state index in [4.69, 9.17) is 16.0 Å². The number of carbonyl (C=O) groups is 1. The van der Waals surface area contributed by atoms with Gasteiger partial charge in [0.05, 0.1) is 6.20 Å². The zero-order chi connectivity index (χ0) is 20.4. The van der Waals surface area contributed by atoms with Gasteiger partial charge in [-0.1, -0.05) is 23.7 Å². The number of halogens is 1. The molecule has 1 aromatic carbocycles. The first-order chi connectivity index (χ1) is 14.0. The number of oxazole rings is 1. The number of piperidine rings is 1. The third-order valence-electron chi connectivity index (χ3n) is 5.29. The van der Waals surface area contributed by atoms with Crippen molar-refractivity contribution < 1.29 is 9.21 Å². The smallest absolute Gasteiger partial charge is 0.272 e. The molecule has 1 aliphatic heterocycles. The molecule has 1 amide bonds. The molecule has 1 atom stereocenters. The Labute approximate surface area is 175 Å². The molecule has 3 heterocycles. The van der Waals surface area contributed by atoms with Crippen LogP contribution in [0.3, 0.4) is 0 Å². The van der Waals surface area contributed by atoms with Gasteiger partial charge in [-0.3, -0.25) is 9.48 Å². The summed E-state index contributed by atoms with van der Waals surface area (Å²) < 4.78 is 7.85. The van der Waals surface area contributed by atoms with Crippen LogP contribution in [0.1, 0.15) is 72.9 Å². The highest BCUT2D eigenvalue weighted by molar-refractivity contribution is 6.30. The second-order valence-electron chi connectivity index (χ2n) is 7.73. The maximum Gasteiger partial charge on any atom is 0.272 e. The average Bonchev–Trinajstić information content (AvgIpc) is 3.39. The van der Waals surface area contributed by atoms with E-state index in [1.54, 1.807) is 23.1 Å². The molecule has 0 bridgehead atoms. The average molecular weight is 413 g/mol. The van der Waals surface area contributed by atoms with Crippen LogP contribution >= 0.6 is 11.6 Å². The first-order valence-electron chi connectivity index (χ1n) is 10.1. The van der Waals surface area contributed by atoms with Crippen molar-refractivity contribution in [1.29, 1.82) is 0 Å². The monoisotopic (exact) mass is 412 g/mol. The van der Waals surface area contributed by atoms with Crippen molar-refractivity contribution in [2.24, 2.45) is 0 Å². The second kappa shape index (κ2) is 8.41. The number of benzene rings is 1. The van der Waals surface area contributed by atoms with Crippen LogP contribution in [0, 0.1) is 0 Å². The van der Waals surface area contributed by atoms with E-state index in [-0.39, 0.29) is 18.0 Å². The minimum Gasteiger partial charge on any atom is -0.443 e. The molecule has 1 aliphatic rings. The van der Waals surface area contributed by atoms with Crippen LogP contribution in [0.4, 0.5) is 0 Å². The lowest BCUT2D eigenvalue weighted by molar-refractivity contribution is 0.0555. The maximum absolute atomic E-state index is 13.3. The van der Waals surface area contributed by atoms with Crippen molar-refractivity contribution in [2.75, 3.05) is 6.54 Å². The van der Waals surface area contributed by atoms with E-state index in [1.807, 2.05) is 43.0 Å². The van der Waals surface area contributed by atoms with Gasteiger partial charge in [0.2, 0.25) is 5.89 Å². The molecule has 0 saturated carbocycles. The predicted molar refractivity (Wildman–Crippen MR) is 111 cm³/mol. The van der Waals surface area contributed by atoms with Gasteiger partial charge in [0.1, 0.15) is 17.5 Å². The molecular weight excluding hydrogens is 388 g/mol. The van der Waals surface area contributed by atoms with E-state index >= 15 is 0 Å². The molecule has 0 spiro atoms. The number of hydrogen-bond donors (Lipinski definition) is 0. The van der Waals surface area contributed by atoms with E-state index in [1.165, 1.54) is 0 Å². The third-order valence-corrected chi connectivity index (χ3v) is 5.54. The molecular formula is C22H25ClN4O2. The molecule has 2 aromatic heterocycles. The maximum atomic E-state index is 13.3. The third kappa shape index (κ3) is 4.22. The van der Waals surface area contributed by atoms with Gasteiger partial charge in [-0.2, -0.15) is 5.10 Å². The van der Waals surface area contributed by atoms with Crippen molar-refractivity contribution >= 4 is 17.5 Å². The fraction of sp³-hybridized carbons (Fsp3) is 0.409. The number of rotatable bonds is 5. The number of amides is 1. The van der Waals surface area contributed by atoms with Gasteiger partial charge in [0.25, 0.3) is 5.91 Å². The van der Waals surface area contributed by atoms with Crippen LogP contribution in [-0.4, -0.2) is 32.1 Å². The fourth-order valence-electron chi connectivity index (χ4n) is 3.84. The van der Waals surface area contributed by atoms with Crippen LogP contribution in [0.15, 0.2) is 47.1 Å². The summed E-state index contributed by atoms with van der Waals surface area (Å²) in [5.74, 6) is 1.38. The minimum absolute atomic E-state index is 0.0154. The summed E-state index contributed by atoms with van der Waals surface area (Å²) in [6, 6.07) is 9.46. The van der Waals surface area contributed by atoms with E-state index in [9.17, 15) is 4.79 Å². The van der Waals surface area contributed by atoms with Gasteiger partial charge < -0.3 is 9.32 Å². The van der Waals surface area contributed by atoms with Gasteiger partial charge in [0, 0.05) is 30.2 Å². The molecule has 1 saturated heterocycles. The van der Waals surface area contributed by atoms with Gasteiger partial charge in [0.15, 0.2) is 0 Å². The Bertz CT molecular complexity index is 977. The summed E-state index contributed by atoms with van der Waals surface area (Å²) in [6.45, 7) is 4.74.